The molecule has 0 spiro atoms. The lowest BCUT2D eigenvalue weighted by molar-refractivity contribution is 0.443. The van der Waals surface area contributed by atoms with E-state index < -0.39 is 5.63 Å². The van der Waals surface area contributed by atoms with Crippen LogP contribution in [0.25, 0.3) is 11.0 Å². The highest BCUT2D eigenvalue weighted by Gasteiger charge is 2.23. The summed E-state index contributed by atoms with van der Waals surface area (Å²) in [5, 5.41) is 10.9. The summed E-state index contributed by atoms with van der Waals surface area (Å²) in [6.45, 7) is 1.87. The Bertz CT molecular complexity index is 1180. The fraction of sp³-hybridized carbons (Fsp3) is 0.190. The van der Waals surface area contributed by atoms with Gasteiger partial charge in [-0.3, -0.25) is 4.99 Å². The summed E-state index contributed by atoms with van der Waals surface area (Å²) in [5.74, 6) is 1.05. The van der Waals surface area contributed by atoms with Crippen LogP contribution in [0.4, 0.5) is 11.4 Å². The summed E-state index contributed by atoms with van der Waals surface area (Å²) < 4.78 is 5.27. The van der Waals surface area contributed by atoms with Crippen molar-refractivity contribution in [2.45, 2.75) is 19.4 Å². The van der Waals surface area contributed by atoms with Crippen molar-refractivity contribution in [3.63, 3.8) is 0 Å². The van der Waals surface area contributed by atoms with E-state index in [1.54, 1.807) is 24.3 Å². The van der Waals surface area contributed by atoms with Gasteiger partial charge in [-0.1, -0.05) is 12.1 Å². The summed E-state index contributed by atoms with van der Waals surface area (Å²) in [6.07, 6.45) is 3.55. The Balaban J connectivity index is 1.51. The molecule has 2 aromatic carbocycles. The second-order valence-corrected chi connectivity index (χ2v) is 6.77. The van der Waals surface area contributed by atoms with Crippen molar-refractivity contribution in [2.75, 3.05) is 6.54 Å². The van der Waals surface area contributed by atoms with Crippen LogP contribution in [0.3, 0.4) is 0 Å². The zero-order valence-electron chi connectivity index (χ0n) is 14.6. The number of hydrogen-bond acceptors (Lipinski definition) is 6. The first kappa shape index (κ1) is 15.8. The fourth-order valence-electron chi connectivity index (χ4n) is 3.65. The molecule has 0 radical (unpaired) electrons. The average Bonchev–Trinajstić information content (AvgIpc) is 3.13. The van der Waals surface area contributed by atoms with Crippen molar-refractivity contribution in [3.05, 3.63) is 64.0 Å². The topological polar surface area (TPSA) is 78.4 Å². The number of fused-ring (bicyclic) bond motifs is 3. The second-order valence-electron chi connectivity index (χ2n) is 6.77. The van der Waals surface area contributed by atoms with Crippen LogP contribution < -0.4 is 5.63 Å². The number of benzene rings is 2. The third-order valence-corrected chi connectivity index (χ3v) is 5.03. The van der Waals surface area contributed by atoms with Crippen LogP contribution in [0.15, 0.2) is 61.7 Å². The van der Waals surface area contributed by atoms with Crippen molar-refractivity contribution in [2.24, 2.45) is 9.98 Å². The molecule has 3 heterocycles. The minimum atomic E-state index is -0.612. The minimum absolute atomic E-state index is 0.0475. The van der Waals surface area contributed by atoms with Gasteiger partial charge >= 0.3 is 5.63 Å². The Labute approximate surface area is 155 Å². The van der Waals surface area contributed by atoms with E-state index in [0.717, 1.165) is 43.0 Å². The minimum Gasteiger partial charge on any atom is -0.506 e. The molecule has 2 aliphatic rings. The van der Waals surface area contributed by atoms with E-state index in [1.807, 2.05) is 18.2 Å². The summed E-state index contributed by atoms with van der Waals surface area (Å²) in [7, 11) is 0. The quantitative estimate of drug-likeness (QED) is 0.556. The average molecular weight is 359 g/mol. The molecule has 134 valence electrons. The molecule has 0 atom stereocenters. The predicted octanol–water partition coefficient (Wildman–Crippen LogP) is 3.89. The second kappa shape index (κ2) is 6.09. The molecular formula is C21H17N3O3. The third kappa shape index (κ3) is 2.70. The van der Waals surface area contributed by atoms with E-state index in [9.17, 15) is 9.90 Å². The molecule has 6 heteroatoms. The third-order valence-electron chi connectivity index (χ3n) is 5.03. The first-order valence-corrected chi connectivity index (χ1v) is 8.93. The molecule has 5 rings (SSSR count). The predicted molar refractivity (Wildman–Crippen MR) is 105 cm³/mol. The zero-order valence-corrected chi connectivity index (χ0v) is 14.6. The van der Waals surface area contributed by atoms with Gasteiger partial charge in [0.25, 0.3) is 0 Å². The van der Waals surface area contributed by atoms with Crippen molar-refractivity contribution < 1.29 is 9.52 Å². The molecule has 1 aromatic heterocycles. The van der Waals surface area contributed by atoms with Crippen LogP contribution in [0, 0.1) is 0 Å². The first-order chi connectivity index (χ1) is 13.2. The van der Waals surface area contributed by atoms with Crippen LogP contribution in [0.2, 0.25) is 0 Å². The van der Waals surface area contributed by atoms with Gasteiger partial charge in [0.1, 0.15) is 22.7 Å². The molecule has 1 saturated heterocycles. The molecule has 0 bridgehead atoms. The van der Waals surface area contributed by atoms with E-state index in [4.69, 9.17) is 9.41 Å². The maximum absolute atomic E-state index is 12.2. The monoisotopic (exact) mass is 359 g/mol. The van der Waals surface area contributed by atoms with Crippen molar-refractivity contribution in [1.29, 1.82) is 0 Å². The molecular weight excluding hydrogens is 342 g/mol. The van der Waals surface area contributed by atoms with Crippen molar-refractivity contribution >= 4 is 34.4 Å². The summed E-state index contributed by atoms with van der Waals surface area (Å²) >= 11 is 0. The smallest absolute Gasteiger partial charge is 0.348 e. The standard InChI is InChI=1S/C21H17N3O3/c25-20-15-4-1-2-5-18(15)27-21(26)16(20)11-22-14-7-8-17-13(10-14)12-24-9-3-6-19(24)23-17/h1-2,4-5,7-8,10-11,25H,3,6,9,12H2. The van der Waals surface area contributed by atoms with Gasteiger partial charge in [-0.15, -0.1) is 0 Å². The maximum Gasteiger partial charge on any atom is 0.348 e. The Morgan fingerprint density at radius 2 is 2.11 bits per heavy atom. The lowest BCUT2D eigenvalue weighted by Crippen LogP contribution is -2.26. The number of nitrogens with zero attached hydrogens (tertiary/aromatic N) is 3. The molecule has 27 heavy (non-hydrogen) atoms. The molecule has 0 amide bonds. The molecule has 0 unspecified atom stereocenters. The van der Waals surface area contributed by atoms with E-state index in [0.29, 0.717) is 16.7 Å². The fourth-order valence-corrected chi connectivity index (χ4v) is 3.65. The van der Waals surface area contributed by atoms with Crippen LogP contribution in [0.1, 0.15) is 24.0 Å². The highest BCUT2D eigenvalue weighted by Crippen LogP contribution is 2.33. The van der Waals surface area contributed by atoms with Crippen LogP contribution in [-0.4, -0.2) is 28.6 Å². The molecule has 3 aromatic rings. The molecule has 1 fully saturated rings. The van der Waals surface area contributed by atoms with E-state index in [1.165, 1.54) is 6.21 Å². The molecule has 1 N–H and O–H groups in total. The largest absolute Gasteiger partial charge is 0.506 e. The maximum atomic E-state index is 12.2. The van der Waals surface area contributed by atoms with Crippen molar-refractivity contribution in [3.8, 4) is 5.75 Å². The normalized spacial score (nSPS) is 15.9. The lowest BCUT2D eigenvalue weighted by Gasteiger charge is -2.24. The Morgan fingerprint density at radius 3 is 3.04 bits per heavy atom. The lowest BCUT2D eigenvalue weighted by atomic mass is 10.1. The van der Waals surface area contributed by atoms with Gasteiger partial charge < -0.3 is 14.4 Å². The highest BCUT2D eigenvalue weighted by molar-refractivity contribution is 5.94. The van der Waals surface area contributed by atoms with Gasteiger partial charge in [0.05, 0.1) is 16.8 Å². The zero-order chi connectivity index (χ0) is 18.4. The van der Waals surface area contributed by atoms with Crippen LogP contribution in [0.5, 0.6) is 5.75 Å². The van der Waals surface area contributed by atoms with Crippen LogP contribution in [-0.2, 0) is 6.54 Å². The number of para-hydroxylation sites is 1. The number of aromatic hydroxyl groups is 1. The van der Waals surface area contributed by atoms with Gasteiger partial charge in [-0.25, -0.2) is 9.79 Å². The molecule has 6 nitrogen and oxygen atoms in total. The van der Waals surface area contributed by atoms with E-state index >= 15 is 0 Å². The van der Waals surface area contributed by atoms with Gasteiger partial charge in [-0.05, 0) is 42.3 Å². The molecule has 0 saturated carbocycles. The Kier molecular flexibility index (Phi) is 3.57. The Hall–Kier alpha value is -3.41. The van der Waals surface area contributed by atoms with Gasteiger partial charge in [-0.2, -0.15) is 0 Å². The number of amidine groups is 1. The number of hydrogen-bond donors (Lipinski definition) is 1. The molecule has 2 aliphatic heterocycles. The van der Waals surface area contributed by atoms with E-state index in [2.05, 4.69) is 9.89 Å². The summed E-state index contributed by atoms with van der Waals surface area (Å²) in [6, 6.07) is 12.7. The highest BCUT2D eigenvalue weighted by atomic mass is 16.4. The summed E-state index contributed by atoms with van der Waals surface area (Å²) in [5.41, 5.74) is 2.59. The SMILES string of the molecule is O=c1oc2ccccc2c(O)c1C=Nc1ccc2c(c1)CN1CCCC1=N2. The number of aliphatic imine (C=N–C) groups is 2. The van der Waals surface area contributed by atoms with Gasteiger partial charge in [0.15, 0.2) is 0 Å². The van der Waals surface area contributed by atoms with Crippen LogP contribution >= 0.6 is 0 Å². The van der Waals surface area contributed by atoms with E-state index in [-0.39, 0.29) is 11.3 Å². The Morgan fingerprint density at radius 1 is 1.22 bits per heavy atom. The summed E-state index contributed by atoms with van der Waals surface area (Å²) in [4.78, 5) is 23.6. The number of rotatable bonds is 2. The van der Waals surface area contributed by atoms with Crippen molar-refractivity contribution in [1.82, 2.24) is 4.90 Å². The van der Waals surface area contributed by atoms with Gasteiger partial charge in [0.2, 0.25) is 0 Å². The molecule has 0 aliphatic carbocycles. The first-order valence-electron chi connectivity index (χ1n) is 8.93. The van der Waals surface area contributed by atoms with Gasteiger partial charge in [0, 0.05) is 25.7 Å².